The number of anilines is 1. The van der Waals surface area contributed by atoms with Crippen LogP contribution < -0.4 is 9.46 Å². The fraction of sp³-hybridized carbons (Fsp3) is 0.478. The van der Waals surface area contributed by atoms with E-state index in [1.165, 1.54) is 17.5 Å². The highest BCUT2D eigenvalue weighted by Gasteiger charge is 2.19. The third-order valence-corrected chi connectivity index (χ3v) is 6.59. The minimum absolute atomic E-state index is 0.157. The van der Waals surface area contributed by atoms with Crippen LogP contribution in [-0.4, -0.2) is 32.2 Å². The maximum Gasteiger partial charge on any atom is 0.232 e. The summed E-state index contributed by atoms with van der Waals surface area (Å²) in [4.78, 5) is 2.48. The van der Waals surface area contributed by atoms with E-state index < -0.39 is 10.0 Å². The Morgan fingerprint density at radius 1 is 1.03 bits per heavy atom. The van der Waals surface area contributed by atoms with Gasteiger partial charge in [-0.15, -0.1) is 0 Å². The highest BCUT2D eigenvalue weighted by molar-refractivity contribution is 7.92. The Morgan fingerprint density at radius 3 is 2.55 bits per heavy atom. The van der Waals surface area contributed by atoms with Crippen molar-refractivity contribution in [1.82, 2.24) is 4.90 Å². The molecule has 29 heavy (non-hydrogen) atoms. The number of ether oxygens (including phenoxy) is 1. The number of nitrogens with zero attached hydrogens (tertiary/aromatic N) is 1. The number of benzene rings is 2. The third-order valence-electron chi connectivity index (χ3n) is 5.21. The molecule has 1 aliphatic heterocycles. The maximum absolute atomic E-state index is 12.1. The number of rotatable bonds is 10. The van der Waals surface area contributed by atoms with E-state index in [1.807, 2.05) is 24.3 Å². The Bertz CT molecular complexity index is 895. The van der Waals surface area contributed by atoms with Gasteiger partial charge in [-0.3, -0.25) is 9.62 Å². The van der Waals surface area contributed by atoms with Gasteiger partial charge in [0.05, 0.1) is 5.75 Å². The van der Waals surface area contributed by atoms with Gasteiger partial charge in [-0.05, 0) is 61.7 Å². The fourth-order valence-corrected chi connectivity index (χ4v) is 4.91. The van der Waals surface area contributed by atoms with E-state index in [-0.39, 0.29) is 5.75 Å². The van der Waals surface area contributed by atoms with Crippen LogP contribution in [0.3, 0.4) is 0 Å². The molecule has 0 radical (unpaired) electrons. The summed E-state index contributed by atoms with van der Waals surface area (Å²) in [6.07, 6.45) is 4.76. The van der Waals surface area contributed by atoms with Crippen LogP contribution in [0, 0.1) is 0 Å². The van der Waals surface area contributed by atoms with Crippen molar-refractivity contribution < 1.29 is 13.2 Å². The largest absolute Gasteiger partial charge is 0.457 e. The van der Waals surface area contributed by atoms with Crippen molar-refractivity contribution >= 4 is 15.7 Å². The monoisotopic (exact) mass is 416 g/mol. The van der Waals surface area contributed by atoms with Crippen LogP contribution in [0.5, 0.6) is 11.5 Å². The molecule has 0 atom stereocenters. The summed E-state index contributed by atoms with van der Waals surface area (Å²) >= 11 is 0. The molecule has 0 fully saturated rings. The summed E-state index contributed by atoms with van der Waals surface area (Å²) < 4.78 is 33.1. The van der Waals surface area contributed by atoms with Crippen molar-refractivity contribution in [3.8, 4) is 11.5 Å². The Labute approximate surface area is 175 Å². The van der Waals surface area contributed by atoms with Crippen LogP contribution >= 0.6 is 0 Å². The van der Waals surface area contributed by atoms with Gasteiger partial charge >= 0.3 is 0 Å². The highest BCUT2D eigenvalue weighted by atomic mass is 32.2. The zero-order chi connectivity index (χ0) is 20.7. The molecule has 1 N–H and O–H groups in total. The molecular formula is C23H32N2O3S. The van der Waals surface area contributed by atoms with Crippen molar-refractivity contribution in [3.63, 3.8) is 0 Å². The molecule has 0 aromatic heterocycles. The molecule has 0 saturated carbocycles. The summed E-state index contributed by atoms with van der Waals surface area (Å²) in [7, 11) is -3.30. The van der Waals surface area contributed by atoms with E-state index in [1.54, 1.807) is 12.1 Å². The summed E-state index contributed by atoms with van der Waals surface area (Å²) in [5.74, 6) is 1.76. The molecule has 1 aliphatic rings. The quantitative estimate of drug-likeness (QED) is 0.542. The third kappa shape index (κ3) is 6.21. The molecule has 2 aromatic carbocycles. The van der Waals surface area contributed by atoms with Crippen LogP contribution in [0.15, 0.2) is 42.5 Å². The summed E-state index contributed by atoms with van der Waals surface area (Å²) in [6, 6.07) is 13.4. The molecule has 158 valence electrons. The van der Waals surface area contributed by atoms with Crippen molar-refractivity contribution in [2.75, 3.05) is 23.6 Å². The predicted molar refractivity (Wildman–Crippen MR) is 119 cm³/mol. The first-order valence-corrected chi connectivity index (χ1v) is 12.3. The topological polar surface area (TPSA) is 58.6 Å². The smallest absolute Gasteiger partial charge is 0.232 e. The Morgan fingerprint density at radius 2 is 1.83 bits per heavy atom. The molecule has 0 spiro atoms. The van der Waals surface area contributed by atoms with Gasteiger partial charge in [0.2, 0.25) is 10.0 Å². The van der Waals surface area contributed by atoms with Crippen LogP contribution in [0.2, 0.25) is 0 Å². The van der Waals surface area contributed by atoms with E-state index in [2.05, 4.69) is 29.5 Å². The predicted octanol–water partition coefficient (Wildman–Crippen LogP) is 5.18. The van der Waals surface area contributed by atoms with Gasteiger partial charge < -0.3 is 4.74 Å². The zero-order valence-corrected chi connectivity index (χ0v) is 18.3. The number of hydrogen-bond donors (Lipinski definition) is 1. The van der Waals surface area contributed by atoms with Crippen molar-refractivity contribution in [1.29, 1.82) is 0 Å². The van der Waals surface area contributed by atoms with Gasteiger partial charge in [-0.25, -0.2) is 8.42 Å². The number of unbranched alkanes of at least 4 members (excludes halogenated alkanes) is 2. The highest BCUT2D eigenvalue weighted by Crippen LogP contribution is 2.32. The molecule has 6 heteroatoms. The Hall–Kier alpha value is -2.05. The molecule has 0 aliphatic carbocycles. The normalized spacial score (nSPS) is 14.4. The van der Waals surface area contributed by atoms with Crippen LogP contribution in [0.25, 0.3) is 0 Å². The number of fused-ring (bicyclic) bond motifs is 1. The lowest BCUT2D eigenvalue weighted by molar-refractivity contribution is 0.252. The second kappa shape index (κ2) is 10.1. The summed E-state index contributed by atoms with van der Waals surface area (Å²) in [5.41, 5.74) is 3.18. The molecule has 0 amide bonds. The first-order chi connectivity index (χ1) is 14.0. The van der Waals surface area contributed by atoms with E-state index in [9.17, 15) is 8.42 Å². The molecule has 0 bridgehead atoms. The van der Waals surface area contributed by atoms with Crippen LogP contribution in [0.1, 0.15) is 50.7 Å². The molecule has 5 nitrogen and oxygen atoms in total. The first kappa shape index (κ1) is 21.7. The van der Waals surface area contributed by atoms with E-state index in [0.717, 1.165) is 44.6 Å². The van der Waals surface area contributed by atoms with E-state index in [0.29, 0.717) is 17.9 Å². The summed E-state index contributed by atoms with van der Waals surface area (Å²) in [5, 5.41) is 0. The van der Waals surface area contributed by atoms with E-state index in [4.69, 9.17) is 4.74 Å². The second-order valence-electron chi connectivity index (χ2n) is 7.67. The van der Waals surface area contributed by atoms with E-state index >= 15 is 0 Å². The van der Waals surface area contributed by atoms with Crippen molar-refractivity contribution in [3.05, 3.63) is 53.6 Å². The molecule has 0 unspecified atom stereocenters. The Balaban J connectivity index is 1.64. The van der Waals surface area contributed by atoms with Gasteiger partial charge in [0.25, 0.3) is 0 Å². The second-order valence-corrected chi connectivity index (χ2v) is 9.52. The average Bonchev–Trinajstić information content (AvgIpc) is 2.70. The number of nitrogens with one attached hydrogen (secondary N) is 1. The van der Waals surface area contributed by atoms with Gasteiger partial charge in [-0.1, -0.05) is 38.8 Å². The van der Waals surface area contributed by atoms with Gasteiger partial charge in [0, 0.05) is 24.3 Å². The van der Waals surface area contributed by atoms with Crippen molar-refractivity contribution in [2.45, 2.75) is 52.5 Å². The molecule has 1 heterocycles. The lowest BCUT2D eigenvalue weighted by atomic mass is 9.98. The van der Waals surface area contributed by atoms with Crippen molar-refractivity contribution in [2.24, 2.45) is 0 Å². The lowest BCUT2D eigenvalue weighted by Crippen LogP contribution is -2.31. The lowest BCUT2D eigenvalue weighted by Gasteiger charge is -2.29. The molecule has 3 rings (SSSR count). The fourth-order valence-electron chi connectivity index (χ4n) is 3.73. The minimum Gasteiger partial charge on any atom is -0.457 e. The number of sulfonamides is 1. The zero-order valence-electron chi connectivity index (χ0n) is 17.5. The Kier molecular flexibility index (Phi) is 7.56. The van der Waals surface area contributed by atoms with Gasteiger partial charge in [-0.2, -0.15) is 0 Å². The SMILES string of the molecule is CCCCCS(=O)(=O)Nc1ccc(Oc2cccc3c2CCN(CCC)C3)cc1. The average molecular weight is 417 g/mol. The minimum atomic E-state index is -3.30. The number of hydrogen-bond acceptors (Lipinski definition) is 4. The standard InChI is InChI=1S/C23H32N2O3S/c1-3-5-6-17-29(26,27)24-20-10-12-21(13-11-20)28-23-9-7-8-19-18-25(15-4-2)16-14-22(19)23/h7-13,24H,3-6,14-18H2,1-2H3. The summed E-state index contributed by atoms with van der Waals surface area (Å²) in [6.45, 7) is 7.42. The van der Waals surface area contributed by atoms with Crippen LogP contribution in [0.4, 0.5) is 5.69 Å². The molecule has 0 saturated heterocycles. The van der Waals surface area contributed by atoms with Crippen LogP contribution in [-0.2, 0) is 23.0 Å². The van der Waals surface area contributed by atoms with Gasteiger partial charge in [0.15, 0.2) is 0 Å². The maximum atomic E-state index is 12.1. The molecular weight excluding hydrogens is 384 g/mol. The molecule has 2 aromatic rings. The van der Waals surface area contributed by atoms with Gasteiger partial charge in [0.1, 0.15) is 11.5 Å². The first-order valence-electron chi connectivity index (χ1n) is 10.6.